The van der Waals surface area contributed by atoms with Crippen LogP contribution < -0.4 is 5.32 Å². The van der Waals surface area contributed by atoms with Gasteiger partial charge in [-0.2, -0.15) is 64.4 Å². The molecule has 4 nitrogen and oxygen atoms in total. The van der Waals surface area contributed by atoms with Crippen molar-refractivity contribution >= 4 is 23.6 Å². The molecule has 0 spiro atoms. The highest BCUT2D eigenvalue weighted by Gasteiger charge is 2.89. The number of carboxylic acid groups (broad SMARTS) is 1. The summed E-state index contributed by atoms with van der Waals surface area (Å²) in [5.74, 6) is -47.0. The average Bonchev–Trinajstić information content (AvgIpc) is 2.65. The Hall–Kier alpha value is -1.62. The van der Waals surface area contributed by atoms with E-state index in [0.717, 1.165) is 0 Å². The topological polar surface area (TPSA) is 66.4 Å². The normalized spacial score (nSPS) is 14.4. The summed E-state index contributed by atoms with van der Waals surface area (Å²) in [7, 11) is 0. The molecule has 0 bridgehead atoms. The summed E-state index contributed by atoms with van der Waals surface area (Å²) in [6.07, 6.45) is -2.89. The third-order valence-corrected chi connectivity index (χ3v) is 4.73. The Kier molecular flexibility index (Phi) is 9.60. The summed E-state index contributed by atoms with van der Waals surface area (Å²) < 4.78 is 171. The number of halogens is 13. The van der Waals surface area contributed by atoms with E-state index in [1.54, 1.807) is 0 Å². The summed E-state index contributed by atoms with van der Waals surface area (Å²) in [5.41, 5.74) is 0. The third kappa shape index (κ3) is 5.84. The number of thioether (sulfide) groups is 1. The first-order chi connectivity index (χ1) is 14.1. The maximum Gasteiger partial charge on any atom is 0.384 e. The first-order valence-corrected chi connectivity index (χ1v) is 9.17. The molecule has 0 saturated heterocycles. The second kappa shape index (κ2) is 10.1. The van der Waals surface area contributed by atoms with E-state index in [1.165, 1.54) is 0 Å². The number of carbonyl (C=O) groups excluding carboxylic acids is 1. The standard InChI is InChI=1S/C14H14F13NO3S/c15-6-10(18,19)12(22,23)14(26,27)13(24,25)11(20,21)9(16,17)2-4-32-3-1-7(29)28-5-8(30)31/h1-6H2,(H,28,29)(H,30,31). The molecule has 0 unspecified atom stereocenters. The molecule has 0 aromatic rings. The minimum Gasteiger partial charge on any atom is -0.480 e. The van der Waals surface area contributed by atoms with Gasteiger partial charge in [0.05, 0.1) is 0 Å². The zero-order valence-corrected chi connectivity index (χ0v) is 16.1. The SMILES string of the molecule is O=C(O)CNC(=O)CCSCCC(F)(F)C(F)(F)C(F)(F)C(F)(F)C(F)(F)C(F)(F)CF. The molecular weight excluding hydrogens is 509 g/mol. The summed E-state index contributed by atoms with van der Waals surface area (Å²) in [6, 6.07) is 0. The molecule has 0 radical (unpaired) electrons. The van der Waals surface area contributed by atoms with E-state index < -0.39 is 85.0 Å². The van der Waals surface area contributed by atoms with Crippen LogP contribution >= 0.6 is 11.8 Å². The maximum atomic E-state index is 13.6. The van der Waals surface area contributed by atoms with Crippen molar-refractivity contribution < 1.29 is 71.8 Å². The van der Waals surface area contributed by atoms with Gasteiger partial charge in [-0.25, -0.2) is 4.39 Å². The average molecular weight is 523 g/mol. The van der Waals surface area contributed by atoms with Gasteiger partial charge in [0.2, 0.25) is 5.91 Å². The Morgan fingerprint density at radius 2 is 1.16 bits per heavy atom. The predicted octanol–water partition coefficient (Wildman–Crippen LogP) is 4.48. The second-order valence-corrected chi connectivity index (χ2v) is 7.35. The monoisotopic (exact) mass is 523 g/mol. The number of alkyl halides is 13. The van der Waals surface area contributed by atoms with E-state index >= 15 is 0 Å². The van der Waals surface area contributed by atoms with Crippen molar-refractivity contribution in [1.82, 2.24) is 5.32 Å². The molecule has 0 aliphatic heterocycles. The van der Waals surface area contributed by atoms with Crippen LogP contribution in [0.1, 0.15) is 12.8 Å². The second-order valence-electron chi connectivity index (χ2n) is 6.12. The molecule has 190 valence electrons. The fourth-order valence-electron chi connectivity index (χ4n) is 1.82. The first kappa shape index (κ1) is 30.4. The number of hydrogen-bond acceptors (Lipinski definition) is 3. The van der Waals surface area contributed by atoms with E-state index in [0.29, 0.717) is 0 Å². The molecule has 0 atom stereocenters. The van der Waals surface area contributed by atoms with Gasteiger partial charge in [-0.05, 0) is 5.75 Å². The van der Waals surface area contributed by atoms with Gasteiger partial charge in [-0.3, -0.25) is 9.59 Å². The Labute approximate surface area is 174 Å². The number of carbonyl (C=O) groups is 2. The fraction of sp³-hybridized carbons (Fsp3) is 0.857. The van der Waals surface area contributed by atoms with Crippen molar-refractivity contribution in [3.8, 4) is 0 Å². The molecule has 0 rings (SSSR count). The molecular formula is C14H14F13NO3S. The van der Waals surface area contributed by atoms with Gasteiger partial charge in [-0.15, -0.1) is 0 Å². The maximum absolute atomic E-state index is 13.6. The highest BCUT2D eigenvalue weighted by Crippen LogP contribution is 2.60. The van der Waals surface area contributed by atoms with Crippen LogP contribution in [-0.2, 0) is 9.59 Å². The molecule has 0 aliphatic carbocycles. The number of carboxylic acids is 1. The van der Waals surface area contributed by atoms with E-state index in [2.05, 4.69) is 0 Å². The molecule has 2 N–H and O–H groups in total. The predicted molar refractivity (Wildman–Crippen MR) is 82.9 cm³/mol. The van der Waals surface area contributed by atoms with Gasteiger partial charge in [0.25, 0.3) is 0 Å². The molecule has 1 amide bonds. The number of hydrogen-bond donors (Lipinski definition) is 2. The Bertz CT molecular complexity index is 672. The molecule has 32 heavy (non-hydrogen) atoms. The quantitative estimate of drug-likeness (QED) is 0.261. The van der Waals surface area contributed by atoms with E-state index in [-0.39, 0.29) is 11.8 Å². The molecule has 0 aromatic carbocycles. The third-order valence-electron chi connectivity index (χ3n) is 3.74. The largest absolute Gasteiger partial charge is 0.480 e. The number of nitrogens with one attached hydrogen (secondary N) is 1. The highest BCUT2D eigenvalue weighted by atomic mass is 32.2. The molecule has 0 fully saturated rings. The van der Waals surface area contributed by atoms with Crippen molar-refractivity contribution in [3.05, 3.63) is 0 Å². The van der Waals surface area contributed by atoms with Crippen molar-refractivity contribution in [2.75, 3.05) is 24.7 Å². The van der Waals surface area contributed by atoms with Crippen LogP contribution in [0.15, 0.2) is 0 Å². The van der Waals surface area contributed by atoms with Crippen LogP contribution in [0.5, 0.6) is 0 Å². The number of aliphatic carboxylic acids is 1. The van der Waals surface area contributed by atoms with Gasteiger partial charge in [0, 0.05) is 18.6 Å². The zero-order chi connectivity index (χ0) is 25.8. The van der Waals surface area contributed by atoms with Crippen molar-refractivity contribution in [2.45, 2.75) is 48.4 Å². The van der Waals surface area contributed by atoms with Gasteiger partial charge in [0.1, 0.15) is 6.54 Å². The summed E-state index contributed by atoms with van der Waals surface area (Å²) >= 11 is 0.219. The lowest BCUT2D eigenvalue weighted by molar-refractivity contribution is -0.425. The Balaban J connectivity index is 5.31. The lowest BCUT2D eigenvalue weighted by Crippen LogP contribution is -2.71. The van der Waals surface area contributed by atoms with E-state index in [9.17, 15) is 66.7 Å². The molecule has 18 heteroatoms. The summed E-state index contributed by atoms with van der Waals surface area (Å²) in [4.78, 5) is 21.3. The number of rotatable bonds is 14. The highest BCUT2D eigenvalue weighted by molar-refractivity contribution is 7.99. The van der Waals surface area contributed by atoms with Crippen LogP contribution in [0.25, 0.3) is 0 Å². The van der Waals surface area contributed by atoms with Crippen LogP contribution in [0.3, 0.4) is 0 Å². The van der Waals surface area contributed by atoms with Crippen molar-refractivity contribution in [1.29, 1.82) is 0 Å². The van der Waals surface area contributed by atoms with E-state index in [1.807, 2.05) is 5.32 Å². The van der Waals surface area contributed by atoms with Gasteiger partial charge in [-0.1, -0.05) is 0 Å². The first-order valence-electron chi connectivity index (χ1n) is 8.01. The fourth-order valence-corrected chi connectivity index (χ4v) is 2.76. The number of amides is 1. The zero-order valence-electron chi connectivity index (χ0n) is 15.3. The van der Waals surface area contributed by atoms with Crippen LogP contribution in [0.4, 0.5) is 57.1 Å². The van der Waals surface area contributed by atoms with Crippen molar-refractivity contribution in [3.63, 3.8) is 0 Å². The molecule has 0 aromatic heterocycles. The summed E-state index contributed by atoms with van der Waals surface area (Å²) in [5, 5.41) is 10.1. The Morgan fingerprint density at radius 1 is 0.719 bits per heavy atom. The molecule has 0 aliphatic rings. The lowest BCUT2D eigenvalue weighted by Gasteiger charge is -2.40. The Morgan fingerprint density at radius 3 is 1.56 bits per heavy atom. The van der Waals surface area contributed by atoms with Crippen LogP contribution in [-0.4, -0.2) is 77.2 Å². The van der Waals surface area contributed by atoms with E-state index in [4.69, 9.17) is 5.11 Å². The lowest BCUT2D eigenvalue weighted by atomic mass is 9.91. The summed E-state index contributed by atoms with van der Waals surface area (Å²) in [6.45, 7) is -4.49. The van der Waals surface area contributed by atoms with Crippen LogP contribution in [0, 0.1) is 0 Å². The minimum atomic E-state index is -7.79. The molecule has 0 heterocycles. The van der Waals surface area contributed by atoms with Gasteiger partial charge >= 0.3 is 41.5 Å². The smallest absolute Gasteiger partial charge is 0.384 e. The minimum absolute atomic E-state index is 0.219. The van der Waals surface area contributed by atoms with Crippen LogP contribution in [0.2, 0.25) is 0 Å². The van der Waals surface area contributed by atoms with Crippen molar-refractivity contribution in [2.24, 2.45) is 0 Å². The molecule has 0 saturated carbocycles. The van der Waals surface area contributed by atoms with Gasteiger partial charge in [0.15, 0.2) is 6.67 Å². The van der Waals surface area contributed by atoms with Gasteiger partial charge < -0.3 is 10.4 Å².